The molecule has 1 aromatic rings. The van der Waals surface area contributed by atoms with Crippen LogP contribution in [0.4, 0.5) is 0 Å². The number of ether oxygens (including phenoxy) is 2. The van der Waals surface area contributed by atoms with Crippen LogP contribution in [0.3, 0.4) is 0 Å². The summed E-state index contributed by atoms with van der Waals surface area (Å²) in [5, 5.41) is 0. The van der Waals surface area contributed by atoms with Gasteiger partial charge in [-0.3, -0.25) is 4.90 Å². The van der Waals surface area contributed by atoms with E-state index in [4.69, 9.17) is 15.2 Å². The van der Waals surface area contributed by atoms with Gasteiger partial charge in [0, 0.05) is 31.4 Å². The molecule has 19 heavy (non-hydrogen) atoms. The van der Waals surface area contributed by atoms with Crippen LogP contribution >= 0.6 is 0 Å². The summed E-state index contributed by atoms with van der Waals surface area (Å²) in [6.07, 6.45) is 2.14. The molecule has 0 spiro atoms. The number of para-hydroxylation sites is 1. The number of likely N-dealkylation sites (N-methyl/N-ethyl adjacent to an activating group) is 1. The zero-order valence-corrected chi connectivity index (χ0v) is 11.8. The number of nitrogens with two attached hydrogens (primary N) is 1. The van der Waals surface area contributed by atoms with Gasteiger partial charge in [0.15, 0.2) is 0 Å². The Kier molecular flexibility index (Phi) is 5.19. The average Bonchev–Trinajstić information content (AvgIpc) is 2.49. The number of methoxy groups -OCH3 is 1. The minimum Gasteiger partial charge on any atom is -0.496 e. The van der Waals surface area contributed by atoms with Gasteiger partial charge in [0.2, 0.25) is 0 Å². The van der Waals surface area contributed by atoms with Gasteiger partial charge in [-0.15, -0.1) is 0 Å². The maximum atomic E-state index is 6.01. The number of rotatable bonds is 5. The summed E-state index contributed by atoms with van der Waals surface area (Å²) in [6.45, 7) is 2.28. The van der Waals surface area contributed by atoms with E-state index in [0.717, 1.165) is 31.8 Å². The number of nitrogens with zero attached hydrogens (tertiary/aromatic N) is 1. The van der Waals surface area contributed by atoms with Crippen molar-refractivity contribution in [1.29, 1.82) is 0 Å². The Hall–Kier alpha value is -1.10. The highest BCUT2D eigenvalue weighted by Gasteiger charge is 2.26. The maximum absolute atomic E-state index is 6.01. The van der Waals surface area contributed by atoms with Crippen molar-refractivity contribution in [1.82, 2.24) is 4.90 Å². The van der Waals surface area contributed by atoms with Crippen LogP contribution in [0, 0.1) is 0 Å². The number of benzene rings is 1. The molecule has 2 N–H and O–H groups in total. The lowest BCUT2D eigenvalue weighted by Crippen LogP contribution is -2.41. The van der Waals surface area contributed by atoms with Crippen molar-refractivity contribution in [2.24, 2.45) is 5.73 Å². The Morgan fingerprint density at radius 3 is 2.68 bits per heavy atom. The minimum atomic E-state index is 0.194. The molecule has 0 radical (unpaired) electrons. The summed E-state index contributed by atoms with van der Waals surface area (Å²) < 4.78 is 10.9. The fraction of sp³-hybridized carbons (Fsp3) is 0.600. The molecule has 1 aliphatic heterocycles. The summed E-state index contributed by atoms with van der Waals surface area (Å²) in [5.41, 5.74) is 7.18. The Morgan fingerprint density at radius 2 is 2.05 bits per heavy atom. The van der Waals surface area contributed by atoms with E-state index >= 15 is 0 Å². The number of hydrogen-bond acceptors (Lipinski definition) is 4. The molecule has 0 bridgehead atoms. The highest BCUT2D eigenvalue weighted by Crippen LogP contribution is 2.30. The highest BCUT2D eigenvalue weighted by atomic mass is 16.5. The second kappa shape index (κ2) is 6.89. The molecule has 2 rings (SSSR count). The van der Waals surface area contributed by atoms with Crippen LogP contribution in [-0.2, 0) is 4.74 Å². The highest BCUT2D eigenvalue weighted by molar-refractivity contribution is 5.36. The standard InChI is InChI=1S/C15H24N2O2/c1-17(12-7-9-19-10-8-12)14(11-16)13-5-3-4-6-15(13)18-2/h3-6,12,14H,7-11,16H2,1-2H3. The smallest absolute Gasteiger partial charge is 0.123 e. The summed E-state index contributed by atoms with van der Waals surface area (Å²) >= 11 is 0. The zero-order chi connectivity index (χ0) is 13.7. The fourth-order valence-electron chi connectivity index (χ4n) is 2.80. The van der Waals surface area contributed by atoms with E-state index in [1.54, 1.807) is 7.11 Å². The van der Waals surface area contributed by atoms with E-state index in [9.17, 15) is 0 Å². The van der Waals surface area contributed by atoms with Crippen molar-refractivity contribution in [3.05, 3.63) is 29.8 Å². The molecule has 1 aromatic carbocycles. The quantitative estimate of drug-likeness (QED) is 0.881. The second-order valence-electron chi connectivity index (χ2n) is 5.00. The fourth-order valence-corrected chi connectivity index (χ4v) is 2.80. The Balaban J connectivity index is 2.18. The van der Waals surface area contributed by atoms with Gasteiger partial charge in [0.1, 0.15) is 5.75 Å². The third-order valence-electron chi connectivity index (χ3n) is 3.98. The van der Waals surface area contributed by atoms with Crippen LogP contribution in [0.5, 0.6) is 5.75 Å². The first-order valence-electron chi connectivity index (χ1n) is 6.90. The van der Waals surface area contributed by atoms with Crippen LogP contribution < -0.4 is 10.5 Å². The Bertz CT molecular complexity index is 391. The summed E-state index contributed by atoms with van der Waals surface area (Å²) in [6, 6.07) is 8.86. The van der Waals surface area contributed by atoms with Crippen LogP contribution in [0.15, 0.2) is 24.3 Å². The van der Waals surface area contributed by atoms with Crippen molar-refractivity contribution in [2.45, 2.75) is 24.9 Å². The lowest BCUT2D eigenvalue weighted by Gasteiger charge is -2.37. The molecule has 0 amide bonds. The molecule has 1 aliphatic rings. The summed E-state index contributed by atoms with van der Waals surface area (Å²) in [4.78, 5) is 2.38. The molecule has 1 unspecified atom stereocenters. The molecule has 1 atom stereocenters. The predicted molar refractivity (Wildman–Crippen MR) is 76.4 cm³/mol. The van der Waals surface area contributed by atoms with Gasteiger partial charge in [-0.1, -0.05) is 18.2 Å². The van der Waals surface area contributed by atoms with Gasteiger partial charge in [-0.05, 0) is 26.0 Å². The summed E-state index contributed by atoms with van der Waals surface area (Å²) in [5.74, 6) is 0.914. The Morgan fingerprint density at radius 1 is 1.37 bits per heavy atom. The van der Waals surface area contributed by atoms with Crippen molar-refractivity contribution >= 4 is 0 Å². The molecule has 4 heteroatoms. The third kappa shape index (κ3) is 3.26. The minimum absolute atomic E-state index is 0.194. The van der Waals surface area contributed by atoms with Crippen molar-refractivity contribution in [2.75, 3.05) is 33.9 Å². The van der Waals surface area contributed by atoms with Gasteiger partial charge in [0.05, 0.1) is 13.2 Å². The second-order valence-corrected chi connectivity index (χ2v) is 5.00. The molecule has 0 aliphatic carbocycles. The molecule has 1 heterocycles. The van der Waals surface area contributed by atoms with E-state index in [1.807, 2.05) is 18.2 Å². The molecule has 0 aromatic heterocycles. The van der Waals surface area contributed by atoms with Crippen molar-refractivity contribution in [3.8, 4) is 5.75 Å². The first kappa shape index (κ1) is 14.3. The van der Waals surface area contributed by atoms with Gasteiger partial charge in [-0.2, -0.15) is 0 Å². The largest absolute Gasteiger partial charge is 0.496 e. The van der Waals surface area contributed by atoms with E-state index in [1.165, 1.54) is 5.56 Å². The van der Waals surface area contributed by atoms with E-state index < -0.39 is 0 Å². The average molecular weight is 264 g/mol. The Labute approximate surface area is 115 Å². The normalized spacial score (nSPS) is 18.5. The van der Waals surface area contributed by atoms with Gasteiger partial charge < -0.3 is 15.2 Å². The van der Waals surface area contributed by atoms with Crippen LogP contribution in [-0.4, -0.2) is 44.9 Å². The third-order valence-corrected chi connectivity index (χ3v) is 3.98. The molecule has 4 nitrogen and oxygen atoms in total. The van der Waals surface area contributed by atoms with Crippen molar-refractivity contribution in [3.63, 3.8) is 0 Å². The number of hydrogen-bond donors (Lipinski definition) is 1. The lowest BCUT2D eigenvalue weighted by atomic mass is 9.99. The van der Waals surface area contributed by atoms with Crippen molar-refractivity contribution < 1.29 is 9.47 Å². The molecule has 0 saturated carbocycles. The molecular weight excluding hydrogens is 240 g/mol. The van der Waals surface area contributed by atoms with E-state index in [-0.39, 0.29) is 6.04 Å². The molecule has 1 fully saturated rings. The zero-order valence-electron chi connectivity index (χ0n) is 11.8. The van der Waals surface area contributed by atoms with Gasteiger partial charge in [-0.25, -0.2) is 0 Å². The van der Waals surface area contributed by atoms with Gasteiger partial charge >= 0.3 is 0 Å². The first-order chi connectivity index (χ1) is 9.27. The topological polar surface area (TPSA) is 47.7 Å². The van der Waals surface area contributed by atoms with Crippen LogP contribution in [0.1, 0.15) is 24.4 Å². The molecule has 1 saturated heterocycles. The van der Waals surface area contributed by atoms with Crippen LogP contribution in [0.25, 0.3) is 0 Å². The monoisotopic (exact) mass is 264 g/mol. The van der Waals surface area contributed by atoms with Gasteiger partial charge in [0.25, 0.3) is 0 Å². The molecule has 106 valence electrons. The maximum Gasteiger partial charge on any atom is 0.123 e. The first-order valence-corrected chi connectivity index (χ1v) is 6.90. The van der Waals surface area contributed by atoms with Crippen LogP contribution in [0.2, 0.25) is 0 Å². The molecular formula is C15H24N2O2. The SMILES string of the molecule is COc1ccccc1C(CN)N(C)C1CCOCC1. The predicted octanol–water partition coefficient (Wildman–Crippen LogP) is 1.81. The summed E-state index contributed by atoms with van der Waals surface area (Å²) in [7, 11) is 3.86. The van der Waals surface area contributed by atoms with E-state index in [0.29, 0.717) is 12.6 Å². The van der Waals surface area contributed by atoms with E-state index in [2.05, 4.69) is 18.0 Å². The lowest BCUT2D eigenvalue weighted by molar-refractivity contribution is 0.0290.